The number of carbonyl (C=O) groups is 2. The molecule has 9 heteroatoms. The van der Waals surface area contributed by atoms with Crippen LogP contribution < -0.4 is 5.32 Å². The maximum Gasteiger partial charge on any atom is 0.330 e. The zero-order valence-corrected chi connectivity index (χ0v) is 16.0. The number of carbonyl (C=O) groups excluding carboxylic acids is 2. The van der Waals surface area contributed by atoms with Crippen molar-refractivity contribution >= 4 is 28.9 Å². The molecule has 0 fully saturated rings. The molecule has 0 bridgehead atoms. The third-order valence-corrected chi connectivity index (χ3v) is 4.66. The van der Waals surface area contributed by atoms with E-state index in [1.165, 1.54) is 18.3 Å². The molecule has 1 aromatic carbocycles. The third kappa shape index (κ3) is 4.76. The first-order valence-corrected chi connectivity index (χ1v) is 9.19. The Kier molecular flexibility index (Phi) is 5.60. The highest BCUT2D eigenvalue weighted by Gasteiger charge is 2.20. The molecule has 3 aromatic rings. The summed E-state index contributed by atoms with van der Waals surface area (Å²) in [5, 5.41) is 16.6. The minimum Gasteiger partial charge on any atom is -0.451 e. The van der Waals surface area contributed by atoms with Crippen molar-refractivity contribution in [3.8, 4) is 10.7 Å². The van der Waals surface area contributed by atoms with Crippen molar-refractivity contribution in [1.82, 2.24) is 20.2 Å². The lowest BCUT2D eigenvalue weighted by atomic mass is 10.1. The summed E-state index contributed by atoms with van der Waals surface area (Å²) in [6.45, 7) is 5.13. The average molecular weight is 385 g/mol. The monoisotopic (exact) mass is 385 g/mol. The van der Waals surface area contributed by atoms with E-state index in [1.807, 2.05) is 49.6 Å². The van der Waals surface area contributed by atoms with Gasteiger partial charge in [0.25, 0.3) is 5.91 Å². The molecule has 2 heterocycles. The van der Waals surface area contributed by atoms with E-state index in [9.17, 15) is 9.59 Å². The second kappa shape index (κ2) is 8.09. The van der Waals surface area contributed by atoms with E-state index >= 15 is 0 Å². The number of benzene rings is 1. The topological polar surface area (TPSA) is 99.0 Å². The van der Waals surface area contributed by atoms with Gasteiger partial charge in [0.05, 0.1) is 4.88 Å². The van der Waals surface area contributed by atoms with E-state index in [1.54, 1.807) is 0 Å². The highest BCUT2D eigenvalue weighted by Crippen LogP contribution is 2.19. The lowest BCUT2D eigenvalue weighted by Gasteiger charge is -2.15. The number of aryl methyl sites for hydroxylation is 2. The SMILES string of the molecule is Cc1ccc(C)c(NC(=O)[C@H](C)OC(=O)Cn2nnc(-c3cccs3)n2)c1. The van der Waals surface area contributed by atoms with Crippen LogP contribution in [0.15, 0.2) is 35.7 Å². The second-order valence-corrected chi connectivity index (χ2v) is 7.01. The van der Waals surface area contributed by atoms with Crippen molar-refractivity contribution < 1.29 is 14.3 Å². The van der Waals surface area contributed by atoms with Crippen LogP contribution in [0.5, 0.6) is 0 Å². The number of ether oxygens (including phenoxy) is 1. The van der Waals surface area contributed by atoms with Crippen LogP contribution in [0.3, 0.4) is 0 Å². The summed E-state index contributed by atoms with van der Waals surface area (Å²) in [4.78, 5) is 26.4. The first kappa shape index (κ1) is 18.7. The predicted octanol–water partition coefficient (Wildman–Crippen LogP) is 2.59. The fraction of sp³-hybridized carbons (Fsp3) is 0.278. The quantitative estimate of drug-likeness (QED) is 0.655. The number of thiophene rings is 1. The highest BCUT2D eigenvalue weighted by atomic mass is 32.1. The van der Waals surface area contributed by atoms with Gasteiger partial charge < -0.3 is 10.1 Å². The van der Waals surface area contributed by atoms with Gasteiger partial charge in [-0.1, -0.05) is 18.2 Å². The maximum absolute atomic E-state index is 12.3. The molecular formula is C18H19N5O3S. The smallest absolute Gasteiger partial charge is 0.330 e. The number of tetrazole rings is 1. The molecule has 1 amide bonds. The molecule has 1 atom stereocenters. The number of nitrogens with one attached hydrogen (secondary N) is 1. The molecule has 3 rings (SSSR count). The Bertz CT molecular complexity index is 952. The van der Waals surface area contributed by atoms with Crippen LogP contribution in [0.1, 0.15) is 18.1 Å². The molecule has 8 nitrogen and oxygen atoms in total. The minimum absolute atomic E-state index is 0.223. The van der Waals surface area contributed by atoms with Gasteiger partial charge in [0, 0.05) is 5.69 Å². The van der Waals surface area contributed by atoms with Gasteiger partial charge >= 0.3 is 5.97 Å². The molecule has 0 unspecified atom stereocenters. The molecule has 0 saturated carbocycles. The molecule has 2 aromatic heterocycles. The van der Waals surface area contributed by atoms with E-state index in [0.717, 1.165) is 20.8 Å². The van der Waals surface area contributed by atoms with E-state index < -0.39 is 18.0 Å². The molecule has 140 valence electrons. The summed E-state index contributed by atoms with van der Waals surface area (Å²) < 4.78 is 5.18. The average Bonchev–Trinajstić information content (AvgIpc) is 3.29. The Morgan fingerprint density at radius 1 is 1.30 bits per heavy atom. The first-order chi connectivity index (χ1) is 12.9. The summed E-state index contributed by atoms with van der Waals surface area (Å²) in [7, 11) is 0. The lowest BCUT2D eigenvalue weighted by molar-refractivity contribution is -0.154. The second-order valence-electron chi connectivity index (χ2n) is 6.06. The van der Waals surface area contributed by atoms with Gasteiger partial charge in [-0.25, -0.2) is 4.79 Å². The number of hydrogen-bond acceptors (Lipinski definition) is 7. The van der Waals surface area contributed by atoms with Gasteiger partial charge in [0.1, 0.15) is 0 Å². The Labute approximate surface area is 160 Å². The minimum atomic E-state index is -0.947. The number of esters is 1. The van der Waals surface area contributed by atoms with Gasteiger partial charge in [-0.3, -0.25) is 4.79 Å². The number of amides is 1. The number of aromatic nitrogens is 4. The van der Waals surface area contributed by atoms with Crippen LogP contribution in [0.2, 0.25) is 0 Å². The fourth-order valence-electron chi connectivity index (χ4n) is 2.32. The molecule has 0 saturated heterocycles. The molecule has 0 aliphatic rings. The number of rotatable bonds is 6. The van der Waals surface area contributed by atoms with Crippen molar-refractivity contribution in [2.24, 2.45) is 0 Å². The Morgan fingerprint density at radius 3 is 2.85 bits per heavy atom. The van der Waals surface area contributed by atoms with Crippen LogP contribution in [-0.2, 0) is 20.9 Å². The van der Waals surface area contributed by atoms with Crippen molar-refractivity contribution in [2.45, 2.75) is 33.4 Å². The number of nitrogens with zero attached hydrogens (tertiary/aromatic N) is 4. The predicted molar refractivity (Wildman–Crippen MR) is 101 cm³/mol. The van der Waals surface area contributed by atoms with Gasteiger partial charge in [0.15, 0.2) is 12.6 Å². The molecule has 0 spiro atoms. The first-order valence-electron chi connectivity index (χ1n) is 8.31. The van der Waals surface area contributed by atoms with E-state index in [0.29, 0.717) is 11.5 Å². The van der Waals surface area contributed by atoms with Gasteiger partial charge in [-0.15, -0.1) is 21.5 Å². The Hall–Kier alpha value is -3.07. The fourth-order valence-corrected chi connectivity index (χ4v) is 2.97. The zero-order valence-electron chi connectivity index (χ0n) is 15.2. The highest BCUT2D eigenvalue weighted by molar-refractivity contribution is 7.13. The molecule has 0 aliphatic carbocycles. The van der Waals surface area contributed by atoms with Crippen LogP contribution in [-0.4, -0.2) is 38.2 Å². The summed E-state index contributed by atoms with van der Waals surface area (Å²) >= 11 is 1.48. The van der Waals surface area contributed by atoms with Crippen molar-refractivity contribution in [3.63, 3.8) is 0 Å². The van der Waals surface area contributed by atoms with E-state index in [-0.39, 0.29) is 6.54 Å². The molecule has 1 N–H and O–H groups in total. The lowest BCUT2D eigenvalue weighted by Crippen LogP contribution is -2.31. The van der Waals surface area contributed by atoms with Crippen LogP contribution in [0.25, 0.3) is 10.7 Å². The summed E-state index contributed by atoms with van der Waals surface area (Å²) in [5.41, 5.74) is 2.65. The van der Waals surface area contributed by atoms with Gasteiger partial charge in [-0.05, 0) is 54.6 Å². The number of anilines is 1. The normalized spacial score (nSPS) is 11.8. The van der Waals surface area contributed by atoms with E-state index in [2.05, 4.69) is 20.7 Å². The number of hydrogen-bond donors (Lipinski definition) is 1. The van der Waals surface area contributed by atoms with Crippen LogP contribution >= 0.6 is 11.3 Å². The molecule has 0 aliphatic heterocycles. The van der Waals surface area contributed by atoms with Gasteiger partial charge in [-0.2, -0.15) is 4.80 Å². The standard InChI is InChI=1S/C18H19N5O3S/c1-11-6-7-12(2)14(9-11)19-18(25)13(3)26-16(24)10-23-21-17(20-22-23)15-5-4-8-27-15/h4-9,13H,10H2,1-3H3,(H,19,25)/t13-/m0/s1. The third-order valence-electron chi connectivity index (χ3n) is 3.79. The molecule has 27 heavy (non-hydrogen) atoms. The maximum atomic E-state index is 12.3. The van der Waals surface area contributed by atoms with Crippen molar-refractivity contribution in [2.75, 3.05) is 5.32 Å². The summed E-state index contributed by atoms with van der Waals surface area (Å²) in [6, 6.07) is 9.50. The molecule has 0 radical (unpaired) electrons. The Balaban J connectivity index is 1.55. The summed E-state index contributed by atoms with van der Waals surface area (Å²) in [6.07, 6.45) is -0.947. The zero-order chi connectivity index (χ0) is 19.4. The summed E-state index contributed by atoms with van der Waals surface area (Å²) in [5.74, 6) is -0.574. The van der Waals surface area contributed by atoms with Crippen molar-refractivity contribution in [3.05, 3.63) is 46.8 Å². The van der Waals surface area contributed by atoms with Gasteiger partial charge in [0.2, 0.25) is 5.82 Å². The van der Waals surface area contributed by atoms with Crippen LogP contribution in [0.4, 0.5) is 5.69 Å². The largest absolute Gasteiger partial charge is 0.451 e. The van der Waals surface area contributed by atoms with Crippen molar-refractivity contribution in [1.29, 1.82) is 0 Å². The van der Waals surface area contributed by atoms with Crippen LogP contribution in [0, 0.1) is 13.8 Å². The van der Waals surface area contributed by atoms with E-state index in [4.69, 9.17) is 4.74 Å². The molecular weight excluding hydrogens is 366 g/mol. The Morgan fingerprint density at radius 2 is 2.11 bits per heavy atom.